The first-order chi connectivity index (χ1) is 13.4. The molecular weight excluding hydrogens is 368 g/mol. The predicted octanol–water partition coefficient (Wildman–Crippen LogP) is 3.64. The Labute approximate surface area is 159 Å². The molecule has 2 amide bonds. The van der Waals surface area contributed by atoms with Gasteiger partial charge >= 0.3 is 0 Å². The van der Waals surface area contributed by atoms with Crippen LogP contribution in [0.5, 0.6) is 0 Å². The minimum Gasteiger partial charge on any atom is -0.320 e. The Morgan fingerprint density at radius 1 is 0.714 bits per heavy atom. The molecular formula is C18H18N4O6. The molecule has 0 bridgehead atoms. The van der Waals surface area contributed by atoms with E-state index in [1.165, 1.54) is 36.4 Å². The highest BCUT2D eigenvalue weighted by Crippen LogP contribution is 2.24. The predicted molar refractivity (Wildman–Crippen MR) is 102 cm³/mol. The van der Waals surface area contributed by atoms with Crippen molar-refractivity contribution >= 4 is 34.6 Å². The molecule has 0 heterocycles. The number of nitro benzene ring substituents is 2. The van der Waals surface area contributed by atoms with E-state index in [4.69, 9.17) is 0 Å². The van der Waals surface area contributed by atoms with Gasteiger partial charge in [0.1, 0.15) is 11.4 Å². The van der Waals surface area contributed by atoms with Crippen molar-refractivity contribution in [3.05, 3.63) is 68.8 Å². The average molecular weight is 386 g/mol. The summed E-state index contributed by atoms with van der Waals surface area (Å²) in [5.41, 5.74) is -0.155. The Morgan fingerprint density at radius 3 is 1.43 bits per heavy atom. The third-order valence-electron chi connectivity index (χ3n) is 3.81. The second-order valence-electron chi connectivity index (χ2n) is 5.85. The Balaban J connectivity index is 1.77. The molecule has 2 aromatic rings. The van der Waals surface area contributed by atoms with Crippen molar-refractivity contribution in [3.63, 3.8) is 0 Å². The Hall–Kier alpha value is -3.82. The van der Waals surface area contributed by atoms with Gasteiger partial charge < -0.3 is 10.6 Å². The van der Waals surface area contributed by atoms with E-state index in [9.17, 15) is 29.8 Å². The van der Waals surface area contributed by atoms with Crippen LogP contribution in [0.15, 0.2) is 48.5 Å². The Morgan fingerprint density at radius 2 is 1.07 bits per heavy atom. The molecule has 0 aliphatic heterocycles. The fourth-order valence-electron chi connectivity index (χ4n) is 2.47. The average Bonchev–Trinajstić information content (AvgIpc) is 2.65. The summed E-state index contributed by atoms with van der Waals surface area (Å²) in [4.78, 5) is 44.6. The SMILES string of the molecule is O=C(CCCCC(=O)Nc1ccccc1[N+](=O)[O-])Nc1ccccc1[N+](=O)[O-]. The highest BCUT2D eigenvalue weighted by Gasteiger charge is 2.16. The molecule has 28 heavy (non-hydrogen) atoms. The van der Waals surface area contributed by atoms with Crippen LogP contribution in [0.1, 0.15) is 25.7 Å². The van der Waals surface area contributed by atoms with Gasteiger partial charge in [0, 0.05) is 25.0 Å². The molecule has 0 fully saturated rings. The first-order valence-corrected chi connectivity index (χ1v) is 8.45. The number of rotatable bonds is 9. The van der Waals surface area contributed by atoms with Gasteiger partial charge in [-0.15, -0.1) is 0 Å². The Kier molecular flexibility index (Phi) is 7.14. The van der Waals surface area contributed by atoms with E-state index in [1.807, 2.05) is 0 Å². The smallest absolute Gasteiger partial charge is 0.292 e. The van der Waals surface area contributed by atoms with Gasteiger partial charge in [0.25, 0.3) is 11.4 Å². The van der Waals surface area contributed by atoms with Crippen molar-refractivity contribution in [2.24, 2.45) is 0 Å². The standard InChI is InChI=1S/C18H18N4O6/c23-17(19-13-7-1-3-9-15(13)21(25)26)11-5-6-12-18(24)20-14-8-2-4-10-16(14)22(27)28/h1-4,7-10H,5-6,11-12H2,(H,19,23)(H,20,24). The maximum absolute atomic E-state index is 11.9. The fourth-order valence-corrected chi connectivity index (χ4v) is 2.47. The van der Waals surface area contributed by atoms with Crippen LogP contribution < -0.4 is 10.6 Å². The van der Waals surface area contributed by atoms with Gasteiger partial charge in [-0.05, 0) is 25.0 Å². The summed E-state index contributed by atoms with van der Waals surface area (Å²) in [5.74, 6) is -0.790. The fraction of sp³-hybridized carbons (Fsp3) is 0.222. The number of hydrogen-bond donors (Lipinski definition) is 2. The molecule has 0 saturated carbocycles. The molecule has 0 atom stereocenters. The second kappa shape index (κ2) is 9.76. The molecule has 10 heteroatoms. The molecule has 0 aliphatic carbocycles. The number of nitrogens with one attached hydrogen (secondary N) is 2. The normalized spacial score (nSPS) is 10.1. The van der Waals surface area contributed by atoms with Crippen molar-refractivity contribution in [2.45, 2.75) is 25.7 Å². The molecule has 10 nitrogen and oxygen atoms in total. The van der Waals surface area contributed by atoms with E-state index in [2.05, 4.69) is 10.6 Å². The molecule has 0 spiro atoms. The van der Waals surface area contributed by atoms with Crippen molar-refractivity contribution in [3.8, 4) is 0 Å². The number of hydrogen-bond acceptors (Lipinski definition) is 6. The molecule has 0 aromatic heterocycles. The summed E-state index contributed by atoms with van der Waals surface area (Å²) in [6.07, 6.45) is 0.948. The molecule has 2 N–H and O–H groups in total. The van der Waals surface area contributed by atoms with Gasteiger partial charge in [-0.25, -0.2) is 0 Å². The molecule has 0 aliphatic rings. The number of para-hydroxylation sites is 4. The van der Waals surface area contributed by atoms with Crippen molar-refractivity contribution < 1.29 is 19.4 Å². The number of carbonyl (C=O) groups excluding carboxylic acids is 2. The minimum absolute atomic E-state index is 0.0881. The largest absolute Gasteiger partial charge is 0.320 e. The number of nitro groups is 2. The van der Waals surface area contributed by atoms with E-state index in [1.54, 1.807) is 12.1 Å². The number of nitrogens with zero attached hydrogens (tertiary/aromatic N) is 2. The van der Waals surface area contributed by atoms with Gasteiger partial charge in [-0.2, -0.15) is 0 Å². The maximum Gasteiger partial charge on any atom is 0.292 e. The van der Waals surface area contributed by atoms with Crippen molar-refractivity contribution in [1.29, 1.82) is 0 Å². The topological polar surface area (TPSA) is 144 Å². The summed E-state index contributed by atoms with van der Waals surface area (Å²) < 4.78 is 0. The summed E-state index contributed by atoms with van der Waals surface area (Å²) in [7, 11) is 0. The summed E-state index contributed by atoms with van der Waals surface area (Å²) in [5, 5.41) is 26.8. The van der Waals surface area contributed by atoms with E-state index in [-0.39, 0.29) is 35.6 Å². The van der Waals surface area contributed by atoms with E-state index < -0.39 is 21.7 Å². The molecule has 0 unspecified atom stereocenters. The third-order valence-corrected chi connectivity index (χ3v) is 3.81. The van der Waals surface area contributed by atoms with Gasteiger partial charge in [0.15, 0.2) is 0 Å². The van der Waals surface area contributed by atoms with Gasteiger partial charge in [-0.3, -0.25) is 29.8 Å². The van der Waals surface area contributed by atoms with Crippen LogP contribution in [0.3, 0.4) is 0 Å². The van der Waals surface area contributed by atoms with Gasteiger partial charge in [0.05, 0.1) is 9.85 Å². The summed E-state index contributed by atoms with van der Waals surface area (Å²) >= 11 is 0. The number of benzene rings is 2. The first kappa shape index (κ1) is 20.5. The monoisotopic (exact) mass is 386 g/mol. The number of unbranched alkanes of at least 4 members (excludes halogenated alkanes) is 1. The molecule has 0 saturated heterocycles. The lowest BCUT2D eigenvalue weighted by atomic mass is 10.1. The van der Waals surface area contributed by atoms with Crippen LogP contribution in [-0.2, 0) is 9.59 Å². The lowest BCUT2D eigenvalue weighted by Gasteiger charge is -2.07. The first-order valence-electron chi connectivity index (χ1n) is 8.45. The van der Waals surface area contributed by atoms with Gasteiger partial charge in [-0.1, -0.05) is 24.3 Å². The van der Waals surface area contributed by atoms with Crippen molar-refractivity contribution in [1.82, 2.24) is 0 Å². The molecule has 2 rings (SSSR count). The van der Waals surface area contributed by atoms with Gasteiger partial charge in [0.2, 0.25) is 11.8 Å². The third kappa shape index (κ3) is 5.87. The van der Waals surface area contributed by atoms with Crippen LogP contribution in [0.2, 0.25) is 0 Å². The second-order valence-corrected chi connectivity index (χ2v) is 5.85. The number of carbonyl (C=O) groups is 2. The van der Waals surface area contributed by atoms with E-state index >= 15 is 0 Å². The number of amides is 2. The molecule has 0 radical (unpaired) electrons. The van der Waals surface area contributed by atoms with Crippen LogP contribution >= 0.6 is 0 Å². The lowest BCUT2D eigenvalue weighted by Crippen LogP contribution is -2.14. The Bertz CT molecular complexity index is 826. The highest BCUT2D eigenvalue weighted by molar-refractivity contribution is 5.94. The zero-order valence-electron chi connectivity index (χ0n) is 14.8. The minimum atomic E-state index is -0.581. The van der Waals surface area contributed by atoms with Crippen LogP contribution in [0.25, 0.3) is 0 Å². The summed E-state index contributed by atoms with van der Waals surface area (Å²) in [6.45, 7) is 0. The van der Waals surface area contributed by atoms with E-state index in [0.717, 1.165) is 0 Å². The van der Waals surface area contributed by atoms with Crippen molar-refractivity contribution in [2.75, 3.05) is 10.6 Å². The lowest BCUT2D eigenvalue weighted by molar-refractivity contribution is -0.384. The summed E-state index contributed by atoms with van der Waals surface area (Å²) in [6, 6.07) is 11.6. The molecule has 2 aromatic carbocycles. The maximum atomic E-state index is 11.9. The number of anilines is 2. The quantitative estimate of drug-likeness (QED) is 0.382. The van der Waals surface area contributed by atoms with Crippen LogP contribution in [-0.4, -0.2) is 21.7 Å². The zero-order chi connectivity index (χ0) is 20.5. The van der Waals surface area contributed by atoms with Crippen LogP contribution in [0, 0.1) is 20.2 Å². The highest BCUT2D eigenvalue weighted by atomic mass is 16.6. The molecule has 146 valence electrons. The zero-order valence-corrected chi connectivity index (χ0v) is 14.8. The van der Waals surface area contributed by atoms with Crippen LogP contribution in [0.4, 0.5) is 22.7 Å². The van der Waals surface area contributed by atoms with E-state index in [0.29, 0.717) is 12.8 Å².